The van der Waals surface area contributed by atoms with Crippen LogP contribution in [0.15, 0.2) is 59.7 Å². The average Bonchev–Trinajstić information content (AvgIpc) is 2.49. The molecule has 2 aromatic rings. The van der Waals surface area contributed by atoms with E-state index in [0.29, 0.717) is 6.54 Å². The number of rotatable bonds is 5. The molecule has 0 bridgehead atoms. The summed E-state index contributed by atoms with van der Waals surface area (Å²) in [5, 5.41) is 4.35. The molecule has 3 N–H and O–H groups in total. The van der Waals surface area contributed by atoms with E-state index in [9.17, 15) is 0 Å². The maximum Gasteiger partial charge on any atom is 0.128 e. The fourth-order valence-electron chi connectivity index (χ4n) is 1.74. The number of hydrogen-bond acceptors (Lipinski definition) is 4. The van der Waals surface area contributed by atoms with Gasteiger partial charge in [-0.15, -0.1) is 0 Å². The highest BCUT2D eigenvalue weighted by Gasteiger charge is 2.07. The summed E-state index contributed by atoms with van der Waals surface area (Å²) in [6.45, 7) is 0.334. The summed E-state index contributed by atoms with van der Waals surface area (Å²) in [6.07, 6.45) is 0. The normalized spacial score (nSPS) is 11.2. The Morgan fingerprint density at radius 1 is 1.11 bits per heavy atom. The van der Waals surface area contributed by atoms with Crippen molar-refractivity contribution in [2.24, 2.45) is 10.8 Å². The minimum atomic E-state index is 0.334. The zero-order chi connectivity index (χ0) is 13.5. The molecule has 2 aromatic carbocycles. The third-order valence-corrected chi connectivity index (χ3v) is 2.70. The third-order valence-electron chi connectivity index (χ3n) is 2.70. The van der Waals surface area contributed by atoms with Gasteiger partial charge >= 0.3 is 0 Å². The minimum Gasteiger partial charge on any atom is -0.496 e. The molecule has 0 aliphatic heterocycles. The molecule has 0 aliphatic rings. The molecule has 0 aromatic heterocycles. The van der Waals surface area contributed by atoms with E-state index in [4.69, 9.17) is 10.5 Å². The minimum absolute atomic E-state index is 0.334. The van der Waals surface area contributed by atoms with Gasteiger partial charge in [0.05, 0.1) is 18.5 Å². The third kappa shape index (κ3) is 3.33. The lowest BCUT2D eigenvalue weighted by Gasteiger charge is -2.10. The monoisotopic (exact) mass is 255 g/mol. The van der Waals surface area contributed by atoms with Gasteiger partial charge in [0, 0.05) is 12.1 Å². The number of nitrogens with zero attached hydrogens (tertiary/aromatic N) is 1. The molecule has 0 radical (unpaired) electrons. The van der Waals surface area contributed by atoms with E-state index in [1.165, 1.54) is 0 Å². The molecule has 0 spiro atoms. The van der Waals surface area contributed by atoms with Gasteiger partial charge in [-0.3, -0.25) is 5.43 Å². The summed E-state index contributed by atoms with van der Waals surface area (Å²) >= 11 is 0. The molecule has 2 rings (SSSR count). The maximum absolute atomic E-state index is 5.77. The Morgan fingerprint density at radius 2 is 1.79 bits per heavy atom. The zero-order valence-corrected chi connectivity index (χ0v) is 10.8. The van der Waals surface area contributed by atoms with Gasteiger partial charge in [0.25, 0.3) is 0 Å². The first-order valence-corrected chi connectivity index (χ1v) is 6.06. The number of nitrogens with one attached hydrogen (secondary N) is 1. The zero-order valence-electron chi connectivity index (χ0n) is 10.8. The Kier molecular flexibility index (Phi) is 4.53. The summed E-state index contributed by atoms with van der Waals surface area (Å²) in [4.78, 5) is 0. The number of nitrogens with two attached hydrogens (primary N) is 1. The molecule has 0 heterocycles. The van der Waals surface area contributed by atoms with Crippen molar-refractivity contribution in [1.82, 2.24) is 0 Å². The van der Waals surface area contributed by atoms with Crippen molar-refractivity contribution >= 4 is 11.4 Å². The number of anilines is 1. The van der Waals surface area contributed by atoms with Gasteiger partial charge in [0.1, 0.15) is 5.75 Å². The molecule has 0 aliphatic carbocycles. The average molecular weight is 255 g/mol. The molecule has 0 fully saturated rings. The fraction of sp³-hybridized carbons (Fsp3) is 0.133. The van der Waals surface area contributed by atoms with Crippen LogP contribution in [0.2, 0.25) is 0 Å². The summed E-state index contributed by atoms with van der Waals surface area (Å²) < 4.78 is 5.32. The van der Waals surface area contributed by atoms with E-state index >= 15 is 0 Å². The molecule has 4 heteroatoms. The van der Waals surface area contributed by atoms with Crippen LogP contribution in [0.4, 0.5) is 5.69 Å². The maximum atomic E-state index is 5.77. The Labute approximate surface area is 112 Å². The van der Waals surface area contributed by atoms with Gasteiger partial charge in [-0.1, -0.05) is 30.3 Å². The smallest absolute Gasteiger partial charge is 0.128 e. The van der Waals surface area contributed by atoms with E-state index in [2.05, 4.69) is 10.5 Å². The first kappa shape index (κ1) is 13.1. The van der Waals surface area contributed by atoms with E-state index in [1.54, 1.807) is 7.11 Å². The molecule has 0 saturated heterocycles. The van der Waals surface area contributed by atoms with Gasteiger partial charge in [0.2, 0.25) is 0 Å². The lowest BCUT2D eigenvalue weighted by molar-refractivity contribution is 0.414. The van der Waals surface area contributed by atoms with Crippen LogP contribution < -0.4 is 15.9 Å². The number of ether oxygens (including phenoxy) is 1. The molecule has 19 heavy (non-hydrogen) atoms. The lowest BCUT2D eigenvalue weighted by atomic mass is 10.1. The molecule has 0 unspecified atom stereocenters. The molecule has 98 valence electrons. The number of para-hydroxylation sites is 2. The van der Waals surface area contributed by atoms with Crippen LogP contribution in [0, 0.1) is 0 Å². The molecular formula is C15H17N3O. The Balaban J connectivity index is 2.24. The Bertz CT molecular complexity index is 552. The van der Waals surface area contributed by atoms with Gasteiger partial charge in [-0.25, -0.2) is 0 Å². The van der Waals surface area contributed by atoms with Crippen molar-refractivity contribution in [3.05, 3.63) is 60.2 Å². The Hall–Kier alpha value is -2.33. The van der Waals surface area contributed by atoms with Crippen LogP contribution in [0.3, 0.4) is 0 Å². The van der Waals surface area contributed by atoms with Gasteiger partial charge in [0.15, 0.2) is 0 Å². The van der Waals surface area contributed by atoms with E-state index in [-0.39, 0.29) is 0 Å². The SMILES string of the molecule is COc1ccccc1/C(CN)=N/Nc1ccccc1. The second kappa shape index (κ2) is 6.56. The first-order chi connectivity index (χ1) is 9.35. The van der Waals surface area contributed by atoms with Crippen LogP contribution in [0.1, 0.15) is 5.56 Å². The summed E-state index contributed by atoms with van der Waals surface area (Å²) in [5.74, 6) is 0.765. The van der Waals surface area contributed by atoms with Crippen LogP contribution >= 0.6 is 0 Å². The standard InChI is InChI=1S/C15H17N3O/c1-19-15-10-6-5-9-13(15)14(11-16)18-17-12-7-3-2-4-8-12/h2-10,17H,11,16H2,1H3/b18-14+. The molecular weight excluding hydrogens is 238 g/mol. The van der Waals surface area contributed by atoms with E-state index in [0.717, 1.165) is 22.7 Å². The highest BCUT2D eigenvalue weighted by Crippen LogP contribution is 2.18. The Morgan fingerprint density at radius 3 is 2.47 bits per heavy atom. The predicted octanol–water partition coefficient (Wildman–Crippen LogP) is 2.47. The van der Waals surface area contributed by atoms with Crippen LogP contribution in [0.5, 0.6) is 5.75 Å². The number of hydrogen-bond donors (Lipinski definition) is 2. The first-order valence-electron chi connectivity index (χ1n) is 6.06. The topological polar surface area (TPSA) is 59.6 Å². The second-order valence-electron chi connectivity index (χ2n) is 3.94. The molecule has 0 atom stereocenters. The summed E-state index contributed by atoms with van der Waals surface area (Å²) in [5.41, 5.74) is 11.3. The van der Waals surface area contributed by atoms with Crippen molar-refractivity contribution < 1.29 is 4.74 Å². The highest BCUT2D eigenvalue weighted by atomic mass is 16.5. The van der Waals surface area contributed by atoms with E-state index < -0.39 is 0 Å². The molecule has 0 amide bonds. The largest absolute Gasteiger partial charge is 0.496 e. The fourth-order valence-corrected chi connectivity index (χ4v) is 1.74. The van der Waals surface area contributed by atoms with Crippen molar-refractivity contribution in [2.75, 3.05) is 19.1 Å². The summed E-state index contributed by atoms with van der Waals surface area (Å²) in [6, 6.07) is 17.4. The van der Waals surface area contributed by atoms with Crippen LogP contribution in [-0.2, 0) is 0 Å². The highest BCUT2D eigenvalue weighted by molar-refractivity contribution is 6.04. The quantitative estimate of drug-likeness (QED) is 0.637. The molecule has 4 nitrogen and oxygen atoms in total. The number of benzene rings is 2. The van der Waals surface area contributed by atoms with Crippen molar-refractivity contribution in [1.29, 1.82) is 0 Å². The van der Waals surface area contributed by atoms with Crippen molar-refractivity contribution in [2.45, 2.75) is 0 Å². The van der Waals surface area contributed by atoms with Crippen LogP contribution in [-0.4, -0.2) is 19.4 Å². The predicted molar refractivity (Wildman–Crippen MR) is 78.7 cm³/mol. The molecule has 0 saturated carbocycles. The van der Waals surface area contributed by atoms with Gasteiger partial charge in [-0.2, -0.15) is 5.10 Å². The van der Waals surface area contributed by atoms with Crippen molar-refractivity contribution in [3.8, 4) is 5.75 Å². The van der Waals surface area contributed by atoms with Crippen LogP contribution in [0.25, 0.3) is 0 Å². The number of hydrazone groups is 1. The second-order valence-corrected chi connectivity index (χ2v) is 3.94. The number of methoxy groups -OCH3 is 1. The van der Waals surface area contributed by atoms with Gasteiger partial charge < -0.3 is 10.5 Å². The van der Waals surface area contributed by atoms with Gasteiger partial charge in [-0.05, 0) is 24.3 Å². The lowest BCUT2D eigenvalue weighted by Crippen LogP contribution is -2.17. The van der Waals surface area contributed by atoms with E-state index in [1.807, 2.05) is 54.6 Å². The summed E-state index contributed by atoms with van der Waals surface area (Å²) in [7, 11) is 1.64. The van der Waals surface area contributed by atoms with Crippen molar-refractivity contribution in [3.63, 3.8) is 0 Å².